The minimum atomic E-state index is -0.145. The Balaban J connectivity index is 2.31. The second-order valence-corrected chi connectivity index (χ2v) is 4.90. The zero-order chi connectivity index (χ0) is 12.0. The molecule has 94 valence electrons. The van der Waals surface area contributed by atoms with E-state index in [2.05, 4.69) is 5.32 Å². The third-order valence-electron chi connectivity index (χ3n) is 3.46. The van der Waals surface area contributed by atoms with E-state index in [4.69, 9.17) is 10.5 Å². The number of amides is 1. The van der Waals surface area contributed by atoms with Crippen molar-refractivity contribution >= 4 is 5.91 Å². The summed E-state index contributed by atoms with van der Waals surface area (Å²) < 4.78 is 5.07. The lowest BCUT2D eigenvalue weighted by Gasteiger charge is -2.40. The van der Waals surface area contributed by atoms with Crippen LogP contribution in [-0.4, -0.2) is 32.2 Å². The summed E-state index contributed by atoms with van der Waals surface area (Å²) in [5.74, 6) is 0.191. The monoisotopic (exact) mass is 228 g/mol. The van der Waals surface area contributed by atoms with E-state index < -0.39 is 0 Å². The van der Waals surface area contributed by atoms with E-state index in [1.165, 1.54) is 0 Å². The van der Waals surface area contributed by atoms with Gasteiger partial charge >= 0.3 is 0 Å². The highest BCUT2D eigenvalue weighted by Crippen LogP contribution is 2.44. The molecule has 0 aliphatic heterocycles. The summed E-state index contributed by atoms with van der Waals surface area (Å²) in [5.41, 5.74) is 5.50. The maximum Gasteiger partial charge on any atom is 0.226 e. The van der Waals surface area contributed by atoms with Crippen LogP contribution in [0.15, 0.2) is 0 Å². The van der Waals surface area contributed by atoms with Gasteiger partial charge in [-0.2, -0.15) is 0 Å². The van der Waals surface area contributed by atoms with E-state index in [0.717, 1.165) is 32.1 Å². The summed E-state index contributed by atoms with van der Waals surface area (Å²) in [6.07, 6.45) is 4.84. The van der Waals surface area contributed by atoms with Crippen LogP contribution in [0.5, 0.6) is 0 Å². The van der Waals surface area contributed by atoms with Gasteiger partial charge in [0.05, 0.1) is 5.41 Å². The Kier molecular flexibility index (Phi) is 5.22. The largest absolute Gasteiger partial charge is 0.385 e. The van der Waals surface area contributed by atoms with Gasteiger partial charge in [-0.3, -0.25) is 4.79 Å². The molecular formula is C12H24N2O2. The minimum Gasteiger partial charge on any atom is -0.385 e. The molecule has 1 aliphatic carbocycles. The zero-order valence-electron chi connectivity index (χ0n) is 10.4. The van der Waals surface area contributed by atoms with Crippen LogP contribution in [0.2, 0.25) is 0 Å². The van der Waals surface area contributed by atoms with E-state index in [-0.39, 0.29) is 17.4 Å². The maximum atomic E-state index is 12.0. The second-order valence-electron chi connectivity index (χ2n) is 4.90. The van der Waals surface area contributed by atoms with Gasteiger partial charge in [-0.25, -0.2) is 0 Å². The van der Waals surface area contributed by atoms with Crippen molar-refractivity contribution in [3.8, 4) is 0 Å². The molecule has 1 amide bonds. The van der Waals surface area contributed by atoms with Gasteiger partial charge in [-0.15, -0.1) is 0 Å². The van der Waals surface area contributed by atoms with Crippen molar-refractivity contribution in [2.24, 2.45) is 11.1 Å². The first-order valence-corrected chi connectivity index (χ1v) is 6.13. The van der Waals surface area contributed by atoms with Crippen LogP contribution in [-0.2, 0) is 9.53 Å². The molecule has 1 aliphatic rings. The van der Waals surface area contributed by atoms with Gasteiger partial charge in [-0.05, 0) is 32.6 Å². The molecule has 1 rings (SSSR count). The van der Waals surface area contributed by atoms with Gasteiger partial charge in [0.25, 0.3) is 0 Å². The molecule has 4 heteroatoms. The van der Waals surface area contributed by atoms with Crippen LogP contribution >= 0.6 is 0 Å². The number of ether oxygens (including phenoxy) is 1. The molecule has 4 nitrogen and oxygen atoms in total. The number of carbonyl (C=O) groups excluding carboxylic acids is 1. The van der Waals surface area contributed by atoms with Crippen LogP contribution < -0.4 is 11.1 Å². The van der Waals surface area contributed by atoms with E-state index >= 15 is 0 Å². The first-order valence-electron chi connectivity index (χ1n) is 6.13. The molecule has 1 saturated carbocycles. The van der Waals surface area contributed by atoms with E-state index in [0.29, 0.717) is 13.2 Å². The summed E-state index contributed by atoms with van der Waals surface area (Å²) >= 11 is 0. The van der Waals surface area contributed by atoms with Crippen LogP contribution in [0.3, 0.4) is 0 Å². The van der Waals surface area contributed by atoms with Crippen LogP contribution in [0.25, 0.3) is 0 Å². The highest BCUT2D eigenvalue weighted by molar-refractivity contribution is 5.83. The number of rotatable bonds is 7. The zero-order valence-corrected chi connectivity index (χ0v) is 10.4. The SMILES string of the molecule is COCCC1(C(=O)NCCC(C)N)CCC1. The van der Waals surface area contributed by atoms with Crippen LogP contribution in [0.1, 0.15) is 39.0 Å². The third kappa shape index (κ3) is 3.46. The van der Waals surface area contributed by atoms with Crippen molar-refractivity contribution in [3.63, 3.8) is 0 Å². The molecule has 0 aromatic carbocycles. The van der Waals surface area contributed by atoms with Gasteiger partial charge in [-0.1, -0.05) is 6.42 Å². The van der Waals surface area contributed by atoms with Crippen LogP contribution in [0.4, 0.5) is 0 Å². The number of carbonyl (C=O) groups is 1. The van der Waals surface area contributed by atoms with Crippen molar-refractivity contribution in [2.45, 2.75) is 45.1 Å². The summed E-state index contributed by atoms with van der Waals surface area (Å²) in [5, 5.41) is 2.99. The number of hydrogen-bond acceptors (Lipinski definition) is 3. The lowest BCUT2D eigenvalue weighted by Crippen LogP contribution is -2.47. The predicted octanol–water partition coefficient (Wildman–Crippen LogP) is 1.05. The molecule has 0 aromatic heterocycles. The van der Waals surface area contributed by atoms with Gasteiger partial charge < -0.3 is 15.8 Å². The molecule has 1 fully saturated rings. The quantitative estimate of drug-likeness (QED) is 0.684. The smallest absolute Gasteiger partial charge is 0.226 e. The fourth-order valence-corrected chi connectivity index (χ4v) is 2.09. The van der Waals surface area contributed by atoms with E-state index in [9.17, 15) is 4.79 Å². The summed E-state index contributed by atoms with van der Waals surface area (Å²) in [7, 11) is 1.68. The average Bonchev–Trinajstić information content (AvgIpc) is 2.15. The molecule has 3 N–H and O–H groups in total. The van der Waals surface area contributed by atoms with Crippen molar-refractivity contribution in [1.82, 2.24) is 5.32 Å². The molecule has 0 radical (unpaired) electrons. The summed E-state index contributed by atoms with van der Waals surface area (Å²) in [6.45, 7) is 3.31. The molecule has 0 spiro atoms. The Morgan fingerprint density at radius 3 is 2.69 bits per heavy atom. The molecule has 1 unspecified atom stereocenters. The summed E-state index contributed by atoms with van der Waals surface area (Å²) in [6, 6.07) is 0.150. The van der Waals surface area contributed by atoms with Gasteiger partial charge in [0, 0.05) is 26.3 Å². The molecule has 0 aromatic rings. The van der Waals surface area contributed by atoms with Crippen molar-refractivity contribution in [3.05, 3.63) is 0 Å². The molecule has 0 bridgehead atoms. The topological polar surface area (TPSA) is 64.3 Å². The first kappa shape index (κ1) is 13.5. The Morgan fingerprint density at radius 2 is 2.25 bits per heavy atom. The van der Waals surface area contributed by atoms with Gasteiger partial charge in [0.2, 0.25) is 5.91 Å². The molecular weight excluding hydrogens is 204 g/mol. The van der Waals surface area contributed by atoms with Crippen LogP contribution in [0, 0.1) is 5.41 Å². The van der Waals surface area contributed by atoms with Crippen molar-refractivity contribution in [2.75, 3.05) is 20.3 Å². The Bertz CT molecular complexity index is 225. The van der Waals surface area contributed by atoms with Crippen molar-refractivity contribution in [1.29, 1.82) is 0 Å². The summed E-state index contributed by atoms with van der Waals surface area (Å²) in [4.78, 5) is 12.0. The average molecular weight is 228 g/mol. The number of nitrogens with two attached hydrogens (primary N) is 1. The van der Waals surface area contributed by atoms with Crippen molar-refractivity contribution < 1.29 is 9.53 Å². The lowest BCUT2D eigenvalue weighted by molar-refractivity contribution is -0.137. The normalized spacial score (nSPS) is 19.9. The molecule has 16 heavy (non-hydrogen) atoms. The standard InChI is InChI=1S/C12H24N2O2/c1-10(13)4-8-14-11(15)12(5-3-6-12)7-9-16-2/h10H,3-9,13H2,1-2H3,(H,14,15). The Labute approximate surface area is 97.9 Å². The Morgan fingerprint density at radius 1 is 1.56 bits per heavy atom. The van der Waals surface area contributed by atoms with Gasteiger partial charge in [0.15, 0.2) is 0 Å². The second kappa shape index (κ2) is 6.21. The maximum absolute atomic E-state index is 12.0. The lowest BCUT2D eigenvalue weighted by atomic mass is 9.66. The first-order chi connectivity index (χ1) is 7.60. The number of hydrogen-bond donors (Lipinski definition) is 2. The fraction of sp³-hybridized carbons (Fsp3) is 0.917. The fourth-order valence-electron chi connectivity index (χ4n) is 2.09. The number of methoxy groups -OCH3 is 1. The minimum absolute atomic E-state index is 0.145. The molecule has 0 heterocycles. The third-order valence-corrected chi connectivity index (χ3v) is 3.46. The highest BCUT2D eigenvalue weighted by atomic mass is 16.5. The van der Waals surface area contributed by atoms with E-state index in [1.54, 1.807) is 7.11 Å². The predicted molar refractivity (Wildman–Crippen MR) is 64.1 cm³/mol. The molecule has 0 saturated heterocycles. The Hall–Kier alpha value is -0.610. The number of nitrogens with one attached hydrogen (secondary N) is 1. The van der Waals surface area contributed by atoms with E-state index in [1.807, 2.05) is 6.92 Å². The van der Waals surface area contributed by atoms with Gasteiger partial charge in [0.1, 0.15) is 0 Å². The highest BCUT2D eigenvalue weighted by Gasteiger charge is 2.43. The molecule has 1 atom stereocenters.